The number of allylic oxidation sites excluding steroid dienone is 4. The van der Waals surface area contributed by atoms with Crippen molar-refractivity contribution in [1.29, 1.82) is 0 Å². The predicted octanol–water partition coefficient (Wildman–Crippen LogP) is 4.92. The van der Waals surface area contributed by atoms with Crippen LogP contribution in [0.5, 0.6) is 11.5 Å². The first-order valence-corrected chi connectivity index (χ1v) is 9.98. The Morgan fingerprint density at radius 1 is 1.13 bits per heavy atom. The normalized spacial score (nSPS) is 13.6. The maximum absolute atomic E-state index is 13.6. The Labute approximate surface area is 180 Å². The van der Waals surface area contributed by atoms with Crippen molar-refractivity contribution in [3.63, 3.8) is 0 Å². The quantitative estimate of drug-likeness (QED) is 0.505. The average Bonchev–Trinajstić information content (AvgIpc) is 2.69. The minimum atomic E-state index is -4.90. The Morgan fingerprint density at radius 3 is 2.52 bits per heavy atom. The summed E-state index contributed by atoms with van der Waals surface area (Å²) in [5, 5.41) is 2.08. The Morgan fingerprint density at radius 2 is 1.87 bits per heavy atom. The van der Waals surface area contributed by atoms with Gasteiger partial charge in [-0.3, -0.25) is 4.79 Å². The summed E-state index contributed by atoms with van der Waals surface area (Å²) >= 11 is 5.88. The molecule has 1 N–H and O–H groups in total. The van der Waals surface area contributed by atoms with Crippen LogP contribution >= 0.6 is 11.6 Å². The second kappa shape index (κ2) is 8.94. The largest absolute Gasteiger partial charge is 0.455 e. The van der Waals surface area contributed by atoms with E-state index in [1.54, 1.807) is 0 Å². The topological polar surface area (TPSA) is 72.5 Å². The van der Waals surface area contributed by atoms with Gasteiger partial charge in [0.05, 0.1) is 21.0 Å². The molecule has 3 rings (SSSR count). The molecular formula is C20H12ClF4NO4S. The molecule has 5 nitrogen and oxygen atoms in total. The summed E-state index contributed by atoms with van der Waals surface area (Å²) in [4.78, 5) is 12.7. The molecule has 0 spiro atoms. The van der Waals surface area contributed by atoms with Crippen LogP contribution in [0.1, 0.15) is 22.3 Å². The maximum atomic E-state index is 13.6. The van der Waals surface area contributed by atoms with Gasteiger partial charge in [0.2, 0.25) is 10.3 Å². The fourth-order valence-electron chi connectivity index (χ4n) is 2.75. The van der Waals surface area contributed by atoms with E-state index in [2.05, 4.69) is 5.32 Å². The number of alkyl halides is 3. The van der Waals surface area contributed by atoms with E-state index in [-0.39, 0.29) is 27.8 Å². The summed E-state index contributed by atoms with van der Waals surface area (Å²) in [5.74, 6) is -2.48. The van der Waals surface area contributed by atoms with Gasteiger partial charge in [0, 0.05) is 12.1 Å². The second-order valence-corrected chi connectivity index (χ2v) is 7.64. The van der Waals surface area contributed by atoms with E-state index >= 15 is 0 Å². The van der Waals surface area contributed by atoms with Gasteiger partial charge in [-0.15, -0.1) is 0 Å². The Balaban J connectivity index is 2.02. The number of carbonyl (C=O) groups is 1. The van der Waals surface area contributed by atoms with Gasteiger partial charge in [0.25, 0.3) is 5.91 Å². The first kappa shape index (κ1) is 22.6. The standard InChI is InChI=1S/C20H12ClF4NO4S/c21-15-9-11(22)7-8-16(15)30-17-6-2-5-14(20(23,24)25)18(17)19(27)26-12-3-1-4-13(10-12)31(28)29/h1-9H,10H2,(H,26,27). The third-order valence-electron chi connectivity index (χ3n) is 4.10. The van der Waals surface area contributed by atoms with Crippen LogP contribution in [0.3, 0.4) is 0 Å². The third kappa shape index (κ3) is 5.33. The molecule has 1 aliphatic rings. The van der Waals surface area contributed by atoms with Crippen LogP contribution in [-0.4, -0.2) is 19.2 Å². The van der Waals surface area contributed by atoms with Gasteiger partial charge < -0.3 is 10.1 Å². The summed E-state index contributed by atoms with van der Waals surface area (Å²) in [6.07, 6.45) is -1.09. The zero-order chi connectivity index (χ0) is 22.8. The van der Waals surface area contributed by atoms with Gasteiger partial charge >= 0.3 is 6.18 Å². The molecule has 0 saturated heterocycles. The smallest absolute Gasteiger partial charge is 0.417 e. The molecule has 0 fully saturated rings. The molecule has 1 amide bonds. The lowest BCUT2D eigenvalue weighted by atomic mass is 10.0. The zero-order valence-corrected chi connectivity index (χ0v) is 16.9. The summed E-state index contributed by atoms with van der Waals surface area (Å²) in [5.41, 5.74) is -2.03. The second-order valence-electron chi connectivity index (χ2n) is 6.24. The van der Waals surface area contributed by atoms with Crippen LogP contribution in [0, 0.1) is 5.82 Å². The fourth-order valence-corrected chi connectivity index (χ4v) is 3.42. The van der Waals surface area contributed by atoms with Gasteiger partial charge in [0.15, 0.2) is 0 Å². The van der Waals surface area contributed by atoms with E-state index in [0.29, 0.717) is 6.07 Å². The van der Waals surface area contributed by atoms with Crippen molar-refractivity contribution in [2.45, 2.75) is 12.6 Å². The molecule has 0 unspecified atom stereocenters. The van der Waals surface area contributed by atoms with Gasteiger partial charge in [0.1, 0.15) is 17.3 Å². The highest BCUT2D eigenvalue weighted by Crippen LogP contribution is 2.39. The summed E-state index contributed by atoms with van der Waals surface area (Å²) in [7, 11) is -2.55. The molecule has 2 aromatic carbocycles. The Kier molecular flexibility index (Phi) is 6.51. The number of rotatable bonds is 4. The predicted molar refractivity (Wildman–Crippen MR) is 106 cm³/mol. The highest BCUT2D eigenvalue weighted by molar-refractivity contribution is 7.73. The van der Waals surface area contributed by atoms with E-state index in [4.69, 9.17) is 16.3 Å². The minimum absolute atomic E-state index is 0.0449. The van der Waals surface area contributed by atoms with Gasteiger partial charge in [-0.1, -0.05) is 23.7 Å². The fraction of sp³-hybridized carbons (Fsp3) is 0.100. The number of benzene rings is 2. The van der Waals surface area contributed by atoms with Crippen molar-refractivity contribution in [3.8, 4) is 11.5 Å². The van der Waals surface area contributed by atoms with Gasteiger partial charge in [-0.2, -0.15) is 21.6 Å². The summed E-state index contributed by atoms with van der Waals surface area (Å²) in [6, 6.07) is 5.88. The van der Waals surface area contributed by atoms with Crippen molar-refractivity contribution in [3.05, 3.63) is 82.3 Å². The van der Waals surface area contributed by atoms with Crippen LogP contribution in [-0.2, 0) is 16.5 Å². The molecule has 0 atom stereocenters. The lowest BCUT2D eigenvalue weighted by Crippen LogP contribution is -2.28. The summed E-state index contributed by atoms with van der Waals surface area (Å²) < 4.78 is 81.6. The van der Waals surface area contributed by atoms with Gasteiger partial charge in [-0.05, 0) is 42.5 Å². The van der Waals surface area contributed by atoms with E-state index in [1.165, 1.54) is 18.2 Å². The monoisotopic (exact) mass is 473 g/mol. The molecule has 0 aliphatic heterocycles. The van der Waals surface area contributed by atoms with E-state index < -0.39 is 45.1 Å². The van der Waals surface area contributed by atoms with Crippen LogP contribution in [0.15, 0.2) is 60.3 Å². The molecule has 11 heteroatoms. The molecule has 2 aromatic rings. The lowest BCUT2D eigenvalue weighted by Gasteiger charge is -2.18. The van der Waals surface area contributed by atoms with Gasteiger partial charge in [-0.25, -0.2) is 4.39 Å². The van der Waals surface area contributed by atoms with Crippen molar-refractivity contribution in [2.24, 2.45) is 0 Å². The molecule has 1 aliphatic carbocycles. The van der Waals surface area contributed by atoms with Crippen molar-refractivity contribution >= 4 is 32.7 Å². The number of hydrogen-bond donors (Lipinski definition) is 1. The Bertz CT molecular complexity index is 1240. The van der Waals surface area contributed by atoms with Crippen LogP contribution in [0.4, 0.5) is 17.6 Å². The highest BCUT2D eigenvalue weighted by atomic mass is 35.5. The molecule has 162 valence electrons. The summed E-state index contributed by atoms with van der Waals surface area (Å²) in [6.45, 7) is 0. The third-order valence-corrected chi connectivity index (χ3v) is 5.11. The number of carbonyl (C=O) groups excluding carboxylic acids is 1. The number of nitrogens with one attached hydrogen (secondary N) is 1. The molecule has 0 heterocycles. The number of hydrogen-bond acceptors (Lipinski definition) is 4. The number of halogens is 5. The van der Waals surface area contributed by atoms with Crippen LogP contribution in [0.25, 0.3) is 0 Å². The zero-order valence-electron chi connectivity index (χ0n) is 15.3. The van der Waals surface area contributed by atoms with Crippen molar-refractivity contribution < 1.29 is 35.5 Å². The molecule has 0 saturated carbocycles. The minimum Gasteiger partial charge on any atom is -0.455 e. The Hall–Kier alpha value is -3.11. The van der Waals surface area contributed by atoms with E-state index in [1.807, 2.05) is 0 Å². The molecule has 0 bridgehead atoms. The van der Waals surface area contributed by atoms with Crippen molar-refractivity contribution in [1.82, 2.24) is 5.32 Å². The SMILES string of the molecule is O=C(NC1=CC=CC(=S(=O)=O)C1)c1c(Oc2ccc(F)cc2Cl)cccc1C(F)(F)F. The lowest BCUT2D eigenvalue weighted by molar-refractivity contribution is -0.138. The van der Waals surface area contributed by atoms with Crippen molar-refractivity contribution in [2.75, 3.05) is 0 Å². The van der Waals surface area contributed by atoms with E-state index in [9.17, 15) is 30.8 Å². The molecular weight excluding hydrogens is 462 g/mol. The maximum Gasteiger partial charge on any atom is 0.417 e. The highest BCUT2D eigenvalue weighted by Gasteiger charge is 2.37. The van der Waals surface area contributed by atoms with E-state index in [0.717, 1.165) is 30.3 Å². The first-order chi connectivity index (χ1) is 14.6. The number of amides is 1. The van der Waals surface area contributed by atoms with Crippen LogP contribution < -0.4 is 10.1 Å². The molecule has 0 aromatic heterocycles. The molecule has 0 radical (unpaired) electrons. The average molecular weight is 474 g/mol. The van der Waals surface area contributed by atoms with Crippen LogP contribution in [0.2, 0.25) is 5.02 Å². The first-order valence-electron chi connectivity index (χ1n) is 8.53. The number of ether oxygens (including phenoxy) is 1. The molecule has 31 heavy (non-hydrogen) atoms.